The molecule has 0 spiro atoms. The SMILES string of the molecule is Cc1csc(CNc2nc(C)nc(NN)c2C)n1. The van der Waals surface area contributed by atoms with Gasteiger partial charge >= 0.3 is 0 Å². The lowest BCUT2D eigenvalue weighted by Gasteiger charge is -2.11. The molecule has 0 bridgehead atoms. The number of aryl methyl sites for hydroxylation is 2. The summed E-state index contributed by atoms with van der Waals surface area (Å²) < 4.78 is 0. The van der Waals surface area contributed by atoms with Gasteiger partial charge in [-0.1, -0.05) is 0 Å². The molecule has 18 heavy (non-hydrogen) atoms. The van der Waals surface area contributed by atoms with Gasteiger partial charge in [-0.2, -0.15) is 0 Å². The predicted octanol–water partition coefficient (Wildman–Crippen LogP) is 1.76. The van der Waals surface area contributed by atoms with Crippen molar-refractivity contribution in [1.82, 2.24) is 15.0 Å². The smallest absolute Gasteiger partial charge is 0.148 e. The Hall–Kier alpha value is -1.73. The Kier molecular flexibility index (Phi) is 3.73. The zero-order chi connectivity index (χ0) is 13.1. The van der Waals surface area contributed by atoms with Gasteiger partial charge in [-0.15, -0.1) is 11.3 Å². The molecular weight excluding hydrogens is 248 g/mol. The number of rotatable bonds is 4. The summed E-state index contributed by atoms with van der Waals surface area (Å²) in [6, 6.07) is 0. The fourth-order valence-electron chi connectivity index (χ4n) is 1.58. The van der Waals surface area contributed by atoms with E-state index in [2.05, 4.69) is 25.7 Å². The molecule has 96 valence electrons. The van der Waals surface area contributed by atoms with Crippen molar-refractivity contribution in [3.05, 3.63) is 27.5 Å². The Balaban J connectivity index is 2.16. The van der Waals surface area contributed by atoms with Gasteiger partial charge in [0.05, 0.1) is 6.54 Å². The van der Waals surface area contributed by atoms with Crippen LogP contribution in [0.2, 0.25) is 0 Å². The van der Waals surface area contributed by atoms with Crippen LogP contribution in [-0.4, -0.2) is 15.0 Å². The summed E-state index contributed by atoms with van der Waals surface area (Å²) >= 11 is 1.63. The first-order valence-corrected chi connectivity index (χ1v) is 6.45. The second-order valence-corrected chi connectivity index (χ2v) is 4.92. The van der Waals surface area contributed by atoms with Gasteiger partial charge in [0.15, 0.2) is 0 Å². The number of hydrogen-bond acceptors (Lipinski definition) is 7. The van der Waals surface area contributed by atoms with E-state index in [1.165, 1.54) is 0 Å². The molecule has 2 aromatic rings. The summed E-state index contributed by atoms with van der Waals surface area (Å²) in [5.74, 6) is 7.51. The molecule has 0 saturated carbocycles. The lowest BCUT2D eigenvalue weighted by atomic mass is 10.3. The van der Waals surface area contributed by atoms with Gasteiger partial charge in [-0.25, -0.2) is 20.8 Å². The highest BCUT2D eigenvalue weighted by molar-refractivity contribution is 7.09. The number of nitrogens with two attached hydrogens (primary N) is 1. The average molecular weight is 264 g/mol. The van der Waals surface area contributed by atoms with E-state index in [0.29, 0.717) is 18.2 Å². The number of hydrazine groups is 1. The lowest BCUT2D eigenvalue weighted by molar-refractivity contribution is 0.988. The van der Waals surface area contributed by atoms with Crippen LogP contribution in [0.1, 0.15) is 22.1 Å². The van der Waals surface area contributed by atoms with Crippen molar-refractivity contribution >= 4 is 23.0 Å². The van der Waals surface area contributed by atoms with Gasteiger partial charge in [0.2, 0.25) is 0 Å². The maximum Gasteiger partial charge on any atom is 0.148 e. The highest BCUT2D eigenvalue weighted by Crippen LogP contribution is 2.20. The molecule has 0 atom stereocenters. The van der Waals surface area contributed by atoms with Crippen LogP contribution in [0.5, 0.6) is 0 Å². The quantitative estimate of drug-likeness (QED) is 0.576. The second-order valence-electron chi connectivity index (χ2n) is 3.97. The molecule has 0 aliphatic carbocycles. The van der Waals surface area contributed by atoms with Crippen molar-refractivity contribution in [2.75, 3.05) is 10.7 Å². The summed E-state index contributed by atoms with van der Waals surface area (Å²) in [6.45, 7) is 6.39. The first kappa shape index (κ1) is 12.7. The number of anilines is 2. The number of thiazole rings is 1. The Morgan fingerprint density at radius 3 is 2.50 bits per heavy atom. The molecule has 0 aromatic carbocycles. The third-order valence-electron chi connectivity index (χ3n) is 2.47. The molecule has 4 N–H and O–H groups in total. The standard InChI is InChI=1S/C11H16N6S/c1-6-5-18-9(14-6)4-13-10-7(2)11(17-12)16-8(3)15-10/h5H,4,12H2,1-3H3,(H2,13,15,16,17). The summed E-state index contributed by atoms with van der Waals surface area (Å²) in [5, 5.41) is 6.32. The fraction of sp³-hybridized carbons (Fsp3) is 0.364. The molecule has 0 unspecified atom stereocenters. The van der Waals surface area contributed by atoms with Crippen molar-refractivity contribution in [2.45, 2.75) is 27.3 Å². The van der Waals surface area contributed by atoms with E-state index in [9.17, 15) is 0 Å². The molecule has 0 aliphatic heterocycles. The summed E-state index contributed by atoms with van der Waals surface area (Å²) in [7, 11) is 0. The monoisotopic (exact) mass is 264 g/mol. The number of hydrogen-bond donors (Lipinski definition) is 3. The van der Waals surface area contributed by atoms with Gasteiger partial charge < -0.3 is 10.7 Å². The zero-order valence-corrected chi connectivity index (χ0v) is 11.4. The molecule has 2 rings (SSSR count). The van der Waals surface area contributed by atoms with Crippen molar-refractivity contribution in [2.24, 2.45) is 5.84 Å². The van der Waals surface area contributed by atoms with Crippen molar-refractivity contribution < 1.29 is 0 Å². The van der Waals surface area contributed by atoms with Gasteiger partial charge in [0.1, 0.15) is 22.5 Å². The van der Waals surface area contributed by atoms with Crippen LogP contribution in [0, 0.1) is 20.8 Å². The molecule has 0 amide bonds. The number of aromatic nitrogens is 3. The van der Waals surface area contributed by atoms with E-state index >= 15 is 0 Å². The summed E-state index contributed by atoms with van der Waals surface area (Å²) in [6.07, 6.45) is 0. The minimum absolute atomic E-state index is 0.639. The van der Waals surface area contributed by atoms with Gasteiger partial charge in [0.25, 0.3) is 0 Å². The van der Waals surface area contributed by atoms with Crippen LogP contribution in [-0.2, 0) is 6.54 Å². The molecule has 7 heteroatoms. The van der Waals surface area contributed by atoms with E-state index in [-0.39, 0.29) is 0 Å². The predicted molar refractivity (Wildman–Crippen MR) is 73.5 cm³/mol. The number of nitrogens with zero attached hydrogens (tertiary/aromatic N) is 3. The zero-order valence-electron chi connectivity index (χ0n) is 10.6. The van der Waals surface area contributed by atoms with Crippen LogP contribution in [0.3, 0.4) is 0 Å². The third-order valence-corrected chi connectivity index (χ3v) is 3.43. The van der Waals surface area contributed by atoms with Crippen molar-refractivity contribution in [1.29, 1.82) is 0 Å². The van der Waals surface area contributed by atoms with E-state index < -0.39 is 0 Å². The third kappa shape index (κ3) is 2.74. The first-order chi connectivity index (χ1) is 8.60. The normalized spacial score (nSPS) is 10.4. The Bertz CT molecular complexity index is 550. The Labute approximate surface area is 110 Å². The largest absolute Gasteiger partial charge is 0.363 e. The molecule has 2 aromatic heterocycles. The highest BCUT2D eigenvalue weighted by atomic mass is 32.1. The molecule has 0 radical (unpaired) electrons. The first-order valence-electron chi connectivity index (χ1n) is 5.57. The minimum atomic E-state index is 0.639. The van der Waals surface area contributed by atoms with Gasteiger partial charge in [-0.3, -0.25) is 0 Å². The molecular formula is C11H16N6S. The van der Waals surface area contributed by atoms with E-state index in [1.807, 2.05) is 26.2 Å². The Morgan fingerprint density at radius 2 is 1.89 bits per heavy atom. The van der Waals surface area contributed by atoms with Crippen LogP contribution >= 0.6 is 11.3 Å². The molecule has 6 nitrogen and oxygen atoms in total. The highest BCUT2D eigenvalue weighted by Gasteiger charge is 2.08. The second kappa shape index (κ2) is 5.28. The van der Waals surface area contributed by atoms with Crippen LogP contribution < -0.4 is 16.6 Å². The van der Waals surface area contributed by atoms with Gasteiger partial charge in [0, 0.05) is 16.6 Å². The maximum absolute atomic E-state index is 5.42. The van der Waals surface area contributed by atoms with Crippen LogP contribution in [0.15, 0.2) is 5.38 Å². The number of nitrogens with one attached hydrogen (secondary N) is 2. The van der Waals surface area contributed by atoms with Crippen molar-refractivity contribution in [3.63, 3.8) is 0 Å². The minimum Gasteiger partial charge on any atom is -0.363 e. The summed E-state index contributed by atoms with van der Waals surface area (Å²) in [4.78, 5) is 13.0. The molecule has 0 saturated heterocycles. The van der Waals surface area contributed by atoms with Gasteiger partial charge in [-0.05, 0) is 20.8 Å². The number of nitrogen functional groups attached to an aromatic ring is 1. The fourth-order valence-corrected chi connectivity index (χ4v) is 2.30. The Morgan fingerprint density at radius 1 is 1.17 bits per heavy atom. The maximum atomic E-state index is 5.42. The van der Waals surface area contributed by atoms with E-state index in [1.54, 1.807) is 11.3 Å². The molecule has 0 aliphatic rings. The average Bonchev–Trinajstić information content (AvgIpc) is 2.75. The lowest BCUT2D eigenvalue weighted by Crippen LogP contribution is -2.14. The van der Waals surface area contributed by atoms with Crippen LogP contribution in [0.4, 0.5) is 11.6 Å². The van der Waals surface area contributed by atoms with E-state index in [0.717, 1.165) is 22.1 Å². The van der Waals surface area contributed by atoms with E-state index in [4.69, 9.17) is 5.84 Å². The van der Waals surface area contributed by atoms with Crippen LogP contribution in [0.25, 0.3) is 0 Å². The summed E-state index contributed by atoms with van der Waals surface area (Å²) in [5.41, 5.74) is 4.51. The molecule has 0 fully saturated rings. The van der Waals surface area contributed by atoms with Crippen molar-refractivity contribution in [3.8, 4) is 0 Å². The molecule has 2 heterocycles. The topological polar surface area (TPSA) is 88.8 Å².